The fraction of sp³-hybridized carbons (Fsp3) is 0.389. The number of aromatic nitrogens is 1. The molecule has 0 saturated heterocycles. The van der Waals surface area contributed by atoms with Crippen molar-refractivity contribution >= 4 is 0 Å². The Bertz CT molecular complexity index is 573. The van der Waals surface area contributed by atoms with Crippen LogP contribution in [0, 0.1) is 6.92 Å². The predicted octanol–water partition coefficient (Wildman–Crippen LogP) is 3.43. The standard InChI is InChI=1S/C18H24N2O2/c1-14-11-16(12-20-15(2)5-4-10-21)7-8-18(14)22-17-6-3-9-19-13-17/h3,6-9,11,13,15,20-21H,4-5,10,12H2,1-2H3. The van der Waals surface area contributed by atoms with E-state index in [4.69, 9.17) is 9.84 Å². The van der Waals surface area contributed by atoms with Gasteiger partial charge < -0.3 is 15.2 Å². The van der Waals surface area contributed by atoms with E-state index in [1.165, 1.54) is 5.56 Å². The maximum Gasteiger partial charge on any atom is 0.145 e. The van der Waals surface area contributed by atoms with Crippen molar-refractivity contribution in [2.24, 2.45) is 0 Å². The van der Waals surface area contributed by atoms with Crippen molar-refractivity contribution in [1.29, 1.82) is 0 Å². The van der Waals surface area contributed by atoms with Crippen LogP contribution >= 0.6 is 0 Å². The summed E-state index contributed by atoms with van der Waals surface area (Å²) in [6.45, 7) is 5.26. The Hall–Kier alpha value is -1.91. The maximum absolute atomic E-state index is 8.84. The molecule has 0 fully saturated rings. The molecule has 0 aliphatic heterocycles. The van der Waals surface area contributed by atoms with Crippen LogP contribution in [-0.2, 0) is 6.54 Å². The van der Waals surface area contributed by atoms with Gasteiger partial charge in [-0.2, -0.15) is 0 Å². The average molecular weight is 300 g/mol. The first-order valence-electron chi connectivity index (χ1n) is 7.70. The summed E-state index contributed by atoms with van der Waals surface area (Å²) in [5, 5.41) is 12.3. The molecule has 0 saturated carbocycles. The van der Waals surface area contributed by atoms with Gasteiger partial charge in [0, 0.05) is 25.4 Å². The molecule has 0 radical (unpaired) electrons. The van der Waals surface area contributed by atoms with E-state index in [1.54, 1.807) is 12.4 Å². The van der Waals surface area contributed by atoms with E-state index in [2.05, 4.69) is 29.4 Å². The fourth-order valence-electron chi connectivity index (χ4n) is 2.26. The van der Waals surface area contributed by atoms with Gasteiger partial charge >= 0.3 is 0 Å². The van der Waals surface area contributed by atoms with Crippen molar-refractivity contribution in [3.05, 3.63) is 53.9 Å². The largest absolute Gasteiger partial charge is 0.455 e. The Morgan fingerprint density at radius 1 is 1.32 bits per heavy atom. The fourth-order valence-corrected chi connectivity index (χ4v) is 2.26. The van der Waals surface area contributed by atoms with Crippen LogP contribution < -0.4 is 10.1 Å². The van der Waals surface area contributed by atoms with E-state index in [-0.39, 0.29) is 6.61 Å². The number of nitrogens with zero attached hydrogens (tertiary/aromatic N) is 1. The molecule has 4 nitrogen and oxygen atoms in total. The molecule has 1 aromatic heterocycles. The highest BCUT2D eigenvalue weighted by Crippen LogP contribution is 2.25. The zero-order chi connectivity index (χ0) is 15.8. The number of aliphatic hydroxyl groups excluding tert-OH is 1. The van der Waals surface area contributed by atoms with E-state index in [0.29, 0.717) is 6.04 Å². The van der Waals surface area contributed by atoms with Crippen LogP contribution in [0.1, 0.15) is 30.9 Å². The molecule has 2 rings (SSSR count). The summed E-state index contributed by atoms with van der Waals surface area (Å²) in [6, 6.07) is 10.4. The summed E-state index contributed by atoms with van der Waals surface area (Å²) in [5.74, 6) is 1.60. The molecular formula is C18H24N2O2. The second-order valence-corrected chi connectivity index (χ2v) is 5.54. The number of aryl methyl sites for hydroxylation is 1. The molecular weight excluding hydrogens is 276 g/mol. The minimum Gasteiger partial charge on any atom is -0.455 e. The summed E-state index contributed by atoms with van der Waals surface area (Å²) in [4.78, 5) is 4.05. The Morgan fingerprint density at radius 3 is 2.86 bits per heavy atom. The van der Waals surface area contributed by atoms with Crippen LogP contribution in [0.5, 0.6) is 11.5 Å². The van der Waals surface area contributed by atoms with Gasteiger partial charge in [-0.05, 0) is 56.0 Å². The number of ether oxygens (including phenoxy) is 1. The highest BCUT2D eigenvalue weighted by atomic mass is 16.5. The molecule has 1 aromatic carbocycles. The lowest BCUT2D eigenvalue weighted by molar-refractivity contribution is 0.276. The molecule has 22 heavy (non-hydrogen) atoms. The van der Waals surface area contributed by atoms with Gasteiger partial charge in [-0.15, -0.1) is 0 Å². The quantitative estimate of drug-likeness (QED) is 0.784. The van der Waals surface area contributed by atoms with Crippen LogP contribution in [0.4, 0.5) is 0 Å². The SMILES string of the molecule is Cc1cc(CNC(C)CCCO)ccc1Oc1cccnc1. The van der Waals surface area contributed by atoms with Gasteiger partial charge in [0.25, 0.3) is 0 Å². The van der Waals surface area contributed by atoms with Gasteiger partial charge in [0.15, 0.2) is 0 Å². The van der Waals surface area contributed by atoms with Gasteiger partial charge in [0.1, 0.15) is 11.5 Å². The predicted molar refractivity (Wildman–Crippen MR) is 88.1 cm³/mol. The van der Waals surface area contributed by atoms with Gasteiger partial charge in [0.2, 0.25) is 0 Å². The second-order valence-electron chi connectivity index (χ2n) is 5.54. The molecule has 4 heteroatoms. The zero-order valence-corrected chi connectivity index (χ0v) is 13.2. The molecule has 0 bridgehead atoms. The Balaban J connectivity index is 1.92. The number of aliphatic hydroxyl groups is 1. The third-order valence-corrected chi connectivity index (χ3v) is 3.55. The molecule has 0 amide bonds. The smallest absolute Gasteiger partial charge is 0.145 e. The van der Waals surface area contributed by atoms with Crippen LogP contribution in [0.15, 0.2) is 42.7 Å². The van der Waals surface area contributed by atoms with Crippen molar-refractivity contribution in [3.63, 3.8) is 0 Å². The lowest BCUT2D eigenvalue weighted by Gasteiger charge is -2.14. The van der Waals surface area contributed by atoms with Gasteiger partial charge in [-0.25, -0.2) is 0 Å². The van der Waals surface area contributed by atoms with Crippen molar-refractivity contribution in [3.8, 4) is 11.5 Å². The first-order chi connectivity index (χ1) is 10.7. The molecule has 0 aliphatic carbocycles. The van der Waals surface area contributed by atoms with E-state index in [1.807, 2.05) is 25.1 Å². The van der Waals surface area contributed by atoms with Gasteiger partial charge in [-0.1, -0.05) is 12.1 Å². The first kappa shape index (κ1) is 16.5. The topological polar surface area (TPSA) is 54.4 Å². The van der Waals surface area contributed by atoms with Crippen LogP contribution in [0.25, 0.3) is 0 Å². The third-order valence-electron chi connectivity index (χ3n) is 3.55. The Kier molecular flexibility index (Phi) is 6.37. The van der Waals surface area contributed by atoms with Crippen molar-refractivity contribution in [2.45, 2.75) is 39.3 Å². The monoisotopic (exact) mass is 300 g/mol. The molecule has 0 spiro atoms. The lowest BCUT2D eigenvalue weighted by atomic mass is 10.1. The van der Waals surface area contributed by atoms with Gasteiger partial charge in [-0.3, -0.25) is 4.98 Å². The minimum atomic E-state index is 0.255. The van der Waals surface area contributed by atoms with Crippen LogP contribution in [0.3, 0.4) is 0 Å². The summed E-state index contributed by atoms with van der Waals surface area (Å²) < 4.78 is 5.83. The summed E-state index contributed by atoms with van der Waals surface area (Å²) in [7, 11) is 0. The van der Waals surface area contributed by atoms with Crippen LogP contribution in [0.2, 0.25) is 0 Å². The number of hydrogen-bond donors (Lipinski definition) is 2. The summed E-state index contributed by atoms with van der Waals surface area (Å²) in [5.41, 5.74) is 2.33. The molecule has 118 valence electrons. The normalized spacial score (nSPS) is 12.1. The molecule has 0 aliphatic rings. The van der Waals surface area contributed by atoms with E-state index < -0.39 is 0 Å². The molecule has 1 unspecified atom stereocenters. The second kappa shape index (κ2) is 8.51. The van der Waals surface area contributed by atoms with E-state index in [0.717, 1.165) is 36.4 Å². The molecule has 1 atom stereocenters. The maximum atomic E-state index is 8.84. The number of nitrogens with one attached hydrogen (secondary N) is 1. The highest BCUT2D eigenvalue weighted by molar-refractivity contribution is 5.39. The molecule has 1 heterocycles. The Morgan fingerprint density at radius 2 is 2.18 bits per heavy atom. The summed E-state index contributed by atoms with van der Waals surface area (Å²) in [6.07, 6.45) is 5.26. The summed E-state index contributed by atoms with van der Waals surface area (Å²) >= 11 is 0. The zero-order valence-electron chi connectivity index (χ0n) is 13.2. The van der Waals surface area contributed by atoms with E-state index >= 15 is 0 Å². The minimum absolute atomic E-state index is 0.255. The highest BCUT2D eigenvalue weighted by Gasteiger charge is 2.05. The first-order valence-corrected chi connectivity index (χ1v) is 7.70. The lowest BCUT2D eigenvalue weighted by Crippen LogP contribution is -2.25. The third kappa shape index (κ3) is 5.13. The van der Waals surface area contributed by atoms with Crippen molar-refractivity contribution in [1.82, 2.24) is 10.3 Å². The van der Waals surface area contributed by atoms with Gasteiger partial charge in [0.05, 0.1) is 6.20 Å². The van der Waals surface area contributed by atoms with Crippen molar-refractivity contribution in [2.75, 3.05) is 6.61 Å². The van der Waals surface area contributed by atoms with Crippen molar-refractivity contribution < 1.29 is 9.84 Å². The average Bonchev–Trinajstić information content (AvgIpc) is 2.54. The Labute approximate surface area is 132 Å². The molecule has 2 N–H and O–H groups in total. The number of rotatable bonds is 8. The number of benzene rings is 1. The van der Waals surface area contributed by atoms with E-state index in [9.17, 15) is 0 Å². The molecule has 2 aromatic rings. The number of hydrogen-bond acceptors (Lipinski definition) is 4. The van der Waals surface area contributed by atoms with Crippen LogP contribution in [-0.4, -0.2) is 22.7 Å². The number of pyridine rings is 1.